The first-order chi connectivity index (χ1) is 9.88. The van der Waals surface area contributed by atoms with E-state index >= 15 is 0 Å². The largest absolute Gasteiger partial charge is 0.478 e. The molecule has 1 saturated heterocycles. The number of alkyl halides is 3. The van der Waals surface area contributed by atoms with Crippen molar-refractivity contribution in [3.8, 4) is 0 Å². The summed E-state index contributed by atoms with van der Waals surface area (Å²) in [6.07, 6.45) is 0.479. The van der Waals surface area contributed by atoms with E-state index in [-0.39, 0.29) is 5.82 Å². The highest BCUT2D eigenvalue weighted by Crippen LogP contribution is 2.31. The molecule has 0 aliphatic carbocycles. The SMILES string of the molecule is O=C(O)C=Cc1ccc(C(F)(F)F)nc1N1CCCCC1. The Balaban J connectivity index is 2.41. The molecule has 0 unspecified atom stereocenters. The number of carboxylic acids is 1. The molecule has 1 aliphatic heterocycles. The van der Waals surface area contributed by atoms with Crippen molar-refractivity contribution >= 4 is 17.9 Å². The number of anilines is 1. The van der Waals surface area contributed by atoms with Gasteiger partial charge in [0.25, 0.3) is 0 Å². The number of aliphatic carboxylic acids is 1. The average Bonchev–Trinajstić information content (AvgIpc) is 2.45. The van der Waals surface area contributed by atoms with Crippen LogP contribution in [0.4, 0.5) is 19.0 Å². The molecule has 2 heterocycles. The van der Waals surface area contributed by atoms with E-state index in [1.807, 2.05) is 0 Å². The summed E-state index contributed by atoms with van der Waals surface area (Å²) in [4.78, 5) is 16.1. The summed E-state index contributed by atoms with van der Waals surface area (Å²) in [6.45, 7) is 1.25. The molecule has 7 heteroatoms. The molecule has 1 N–H and O–H groups in total. The first kappa shape index (κ1) is 15.3. The molecule has 21 heavy (non-hydrogen) atoms. The first-order valence-electron chi connectivity index (χ1n) is 6.62. The number of aromatic nitrogens is 1. The molecule has 2 rings (SSSR count). The number of piperidine rings is 1. The maximum absolute atomic E-state index is 12.8. The quantitative estimate of drug-likeness (QED) is 0.871. The number of carboxylic acid groups (broad SMARTS) is 1. The summed E-state index contributed by atoms with van der Waals surface area (Å²) in [5.74, 6) is -0.957. The van der Waals surface area contributed by atoms with Crippen LogP contribution >= 0.6 is 0 Å². The van der Waals surface area contributed by atoms with E-state index in [4.69, 9.17) is 5.11 Å². The zero-order valence-electron chi connectivity index (χ0n) is 11.2. The molecule has 0 spiro atoms. The van der Waals surface area contributed by atoms with Gasteiger partial charge in [-0.1, -0.05) is 0 Å². The van der Waals surface area contributed by atoms with Gasteiger partial charge >= 0.3 is 12.1 Å². The highest BCUT2D eigenvalue weighted by Gasteiger charge is 2.33. The van der Waals surface area contributed by atoms with Crippen molar-refractivity contribution in [2.24, 2.45) is 0 Å². The lowest BCUT2D eigenvalue weighted by Gasteiger charge is -2.29. The Morgan fingerprint density at radius 1 is 1.24 bits per heavy atom. The summed E-state index contributed by atoms with van der Waals surface area (Å²) in [5.41, 5.74) is -0.581. The Kier molecular flexibility index (Phi) is 4.50. The molecular weight excluding hydrogens is 285 g/mol. The van der Waals surface area contributed by atoms with Crippen LogP contribution in [0, 0.1) is 0 Å². The smallest absolute Gasteiger partial charge is 0.433 e. The normalized spacial score (nSPS) is 16.4. The van der Waals surface area contributed by atoms with Crippen LogP contribution in [0.25, 0.3) is 6.08 Å². The van der Waals surface area contributed by atoms with Crippen molar-refractivity contribution in [1.82, 2.24) is 4.98 Å². The lowest BCUT2D eigenvalue weighted by molar-refractivity contribution is -0.141. The lowest BCUT2D eigenvalue weighted by Crippen LogP contribution is -2.31. The molecule has 0 amide bonds. The van der Waals surface area contributed by atoms with Crippen LogP contribution in [-0.2, 0) is 11.0 Å². The lowest BCUT2D eigenvalue weighted by atomic mass is 10.1. The van der Waals surface area contributed by atoms with Crippen LogP contribution in [-0.4, -0.2) is 29.1 Å². The van der Waals surface area contributed by atoms with E-state index in [0.717, 1.165) is 31.4 Å². The first-order valence-corrected chi connectivity index (χ1v) is 6.62. The minimum absolute atomic E-state index is 0.196. The molecule has 1 aromatic heterocycles. The molecule has 1 aliphatic rings. The van der Waals surface area contributed by atoms with Gasteiger partial charge in [-0.2, -0.15) is 13.2 Å². The van der Waals surface area contributed by atoms with Crippen LogP contribution < -0.4 is 4.90 Å². The maximum atomic E-state index is 12.8. The molecule has 0 bridgehead atoms. The predicted molar refractivity (Wildman–Crippen MR) is 72.0 cm³/mol. The van der Waals surface area contributed by atoms with Crippen molar-refractivity contribution < 1.29 is 23.1 Å². The minimum atomic E-state index is -4.51. The van der Waals surface area contributed by atoms with Gasteiger partial charge < -0.3 is 10.0 Å². The molecule has 1 aromatic rings. The Morgan fingerprint density at radius 2 is 1.90 bits per heavy atom. The molecule has 0 aromatic carbocycles. The van der Waals surface area contributed by atoms with Gasteiger partial charge in [0.15, 0.2) is 0 Å². The maximum Gasteiger partial charge on any atom is 0.433 e. The van der Waals surface area contributed by atoms with E-state index in [2.05, 4.69) is 4.98 Å². The number of nitrogens with zero attached hydrogens (tertiary/aromatic N) is 2. The fourth-order valence-corrected chi connectivity index (χ4v) is 2.27. The minimum Gasteiger partial charge on any atom is -0.478 e. The highest BCUT2D eigenvalue weighted by molar-refractivity contribution is 5.86. The van der Waals surface area contributed by atoms with Gasteiger partial charge in [0, 0.05) is 24.7 Å². The van der Waals surface area contributed by atoms with Gasteiger partial charge in [0.2, 0.25) is 0 Å². The van der Waals surface area contributed by atoms with E-state index in [1.165, 1.54) is 12.1 Å². The zero-order valence-corrected chi connectivity index (χ0v) is 11.2. The Hall–Kier alpha value is -2.05. The number of halogens is 3. The van der Waals surface area contributed by atoms with Crippen molar-refractivity contribution in [2.45, 2.75) is 25.4 Å². The Bertz CT molecular complexity index is 550. The summed E-state index contributed by atoms with van der Waals surface area (Å²) < 4.78 is 38.4. The number of hydrogen-bond acceptors (Lipinski definition) is 3. The van der Waals surface area contributed by atoms with Crippen molar-refractivity contribution in [3.63, 3.8) is 0 Å². The summed E-state index contributed by atoms with van der Waals surface area (Å²) >= 11 is 0. The topological polar surface area (TPSA) is 53.4 Å². The monoisotopic (exact) mass is 300 g/mol. The standard InChI is InChI=1S/C14H15F3N2O2/c15-14(16,17)11-6-4-10(5-7-12(20)21)13(18-11)19-8-2-1-3-9-19/h4-7H,1-3,8-9H2,(H,20,21). The fraction of sp³-hybridized carbons (Fsp3) is 0.429. The summed E-state index contributed by atoms with van der Waals surface area (Å²) in [5, 5.41) is 8.66. The second kappa shape index (κ2) is 6.15. The third-order valence-corrected chi connectivity index (χ3v) is 3.26. The van der Waals surface area contributed by atoms with E-state index in [0.29, 0.717) is 18.7 Å². The van der Waals surface area contributed by atoms with Crippen LogP contribution in [0.5, 0.6) is 0 Å². The average molecular weight is 300 g/mol. The van der Waals surface area contributed by atoms with E-state index in [1.54, 1.807) is 4.90 Å². The molecule has 0 radical (unpaired) electrons. The van der Waals surface area contributed by atoms with E-state index < -0.39 is 17.8 Å². The van der Waals surface area contributed by atoms with Crippen molar-refractivity contribution in [2.75, 3.05) is 18.0 Å². The fourth-order valence-electron chi connectivity index (χ4n) is 2.27. The molecule has 0 atom stereocenters. The molecule has 1 fully saturated rings. The number of pyridine rings is 1. The molecule has 114 valence electrons. The van der Waals surface area contributed by atoms with Gasteiger partial charge in [0.1, 0.15) is 11.5 Å². The van der Waals surface area contributed by atoms with Gasteiger partial charge in [-0.15, -0.1) is 0 Å². The molecular formula is C14H15F3N2O2. The highest BCUT2D eigenvalue weighted by atomic mass is 19.4. The third kappa shape index (κ3) is 3.96. The second-order valence-electron chi connectivity index (χ2n) is 4.83. The predicted octanol–water partition coefficient (Wildman–Crippen LogP) is 3.19. The van der Waals surface area contributed by atoms with Crippen molar-refractivity contribution in [3.05, 3.63) is 29.5 Å². The second-order valence-corrected chi connectivity index (χ2v) is 4.83. The van der Waals surface area contributed by atoms with Crippen LogP contribution in [0.3, 0.4) is 0 Å². The van der Waals surface area contributed by atoms with Gasteiger partial charge in [-0.3, -0.25) is 0 Å². The number of hydrogen-bond donors (Lipinski definition) is 1. The van der Waals surface area contributed by atoms with E-state index in [9.17, 15) is 18.0 Å². The molecule has 4 nitrogen and oxygen atoms in total. The van der Waals surface area contributed by atoms with Crippen molar-refractivity contribution in [1.29, 1.82) is 0 Å². The van der Waals surface area contributed by atoms with Gasteiger partial charge in [0.05, 0.1) is 0 Å². The molecule has 0 saturated carbocycles. The number of carbonyl (C=O) groups is 1. The summed E-state index contributed by atoms with van der Waals surface area (Å²) in [6, 6.07) is 2.13. The summed E-state index contributed by atoms with van der Waals surface area (Å²) in [7, 11) is 0. The van der Waals surface area contributed by atoms with Crippen LogP contribution in [0.2, 0.25) is 0 Å². The number of rotatable bonds is 3. The zero-order chi connectivity index (χ0) is 15.5. The van der Waals surface area contributed by atoms with Gasteiger partial charge in [-0.05, 0) is 37.5 Å². The van der Waals surface area contributed by atoms with Crippen LogP contribution in [0.1, 0.15) is 30.5 Å². The Labute approximate surface area is 119 Å². The Morgan fingerprint density at radius 3 is 2.48 bits per heavy atom. The van der Waals surface area contributed by atoms with Gasteiger partial charge in [-0.25, -0.2) is 9.78 Å². The third-order valence-electron chi connectivity index (χ3n) is 3.26. The van der Waals surface area contributed by atoms with Crippen LogP contribution in [0.15, 0.2) is 18.2 Å².